The maximum atomic E-state index is 5.66. The van der Waals surface area contributed by atoms with Crippen LogP contribution in [-0.4, -0.2) is 64.9 Å². The van der Waals surface area contributed by atoms with Crippen molar-refractivity contribution >= 4 is 5.96 Å². The minimum Gasteiger partial charge on any atom is -0.493 e. The van der Waals surface area contributed by atoms with Gasteiger partial charge in [0.05, 0.1) is 13.7 Å². The number of guanidine groups is 1. The molecular formula is C22H38N4O2. The van der Waals surface area contributed by atoms with Crippen LogP contribution in [0.15, 0.2) is 23.2 Å². The Balaban J connectivity index is 1.65. The summed E-state index contributed by atoms with van der Waals surface area (Å²) in [5, 5.41) is 6.88. The van der Waals surface area contributed by atoms with Gasteiger partial charge < -0.3 is 25.0 Å². The van der Waals surface area contributed by atoms with Crippen LogP contribution in [0.5, 0.6) is 11.5 Å². The number of aliphatic imine (C=N–C) groups is 1. The average molecular weight is 391 g/mol. The molecule has 6 nitrogen and oxygen atoms in total. The Kier molecular flexibility index (Phi) is 9.97. The molecule has 2 rings (SSSR count). The quantitative estimate of drug-likeness (QED) is 0.365. The first-order valence-corrected chi connectivity index (χ1v) is 10.6. The summed E-state index contributed by atoms with van der Waals surface area (Å²) in [4.78, 5) is 6.76. The van der Waals surface area contributed by atoms with Crippen molar-refractivity contribution < 1.29 is 9.47 Å². The van der Waals surface area contributed by atoms with Gasteiger partial charge in [-0.25, -0.2) is 0 Å². The van der Waals surface area contributed by atoms with Crippen molar-refractivity contribution in [1.82, 2.24) is 15.5 Å². The summed E-state index contributed by atoms with van der Waals surface area (Å²) in [5.41, 5.74) is 1.26. The molecule has 6 heteroatoms. The van der Waals surface area contributed by atoms with E-state index in [1.54, 1.807) is 7.11 Å². The molecule has 2 N–H and O–H groups in total. The molecule has 28 heavy (non-hydrogen) atoms. The summed E-state index contributed by atoms with van der Waals surface area (Å²) in [5.74, 6) is 3.36. The van der Waals surface area contributed by atoms with Gasteiger partial charge in [-0.3, -0.25) is 4.99 Å². The van der Waals surface area contributed by atoms with E-state index in [1.165, 1.54) is 37.9 Å². The van der Waals surface area contributed by atoms with Crippen LogP contribution in [-0.2, 0) is 6.42 Å². The van der Waals surface area contributed by atoms with Crippen molar-refractivity contribution in [2.75, 3.05) is 54.0 Å². The lowest BCUT2D eigenvalue weighted by Crippen LogP contribution is -2.39. The topological polar surface area (TPSA) is 58.1 Å². The van der Waals surface area contributed by atoms with Gasteiger partial charge in [0.15, 0.2) is 17.5 Å². The average Bonchev–Trinajstić information content (AvgIpc) is 2.71. The summed E-state index contributed by atoms with van der Waals surface area (Å²) in [6.07, 6.45) is 5.88. The van der Waals surface area contributed by atoms with Crippen molar-refractivity contribution in [2.24, 2.45) is 10.9 Å². The first kappa shape index (κ1) is 22.3. The van der Waals surface area contributed by atoms with E-state index in [0.717, 1.165) is 49.3 Å². The fraction of sp³-hybridized carbons (Fsp3) is 0.682. The highest BCUT2D eigenvalue weighted by molar-refractivity contribution is 5.79. The molecule has 0 aromatic heterocycles. The first-order valence-electron chi connectivity index (χ1n) is 10.6. The normalized spacial score (nSPS) is 16.1. The second-order valence-electron chi connectivity index (χ2n) is 7.48. The molecule has 0 saturated carbocycles. The van der Waals surface area contributed by atoms with Gasteiger partial charge in [-0.2, -0.15) is 0 Å². The molecule has 0 unspecified atom stereocenters. The molecule has 1 aromatic rings. The number of methoxy groups -OCH3 is 1. The zero-order chi connectivity index (χ0) is 20.2. The number of nitrogens with one attached hydrogen (secondary N) is 2. The fourth-order valence-electron chi connectivity index (χ4n) is 3.61. The number of hydrogen-bond acceptors (Lipinski definition) is 4. The van der Waals surface area contributed by atoms with E-state index in [1.807, 2.05) is 20.0 Å². The van der Waals surface area contributed by atoms with Crippen LogP contribution in [0.2, 0.25) is 0 Å². The highest BCUT2D eigenvalue weighted by Crippen LogP contribution is 2.28. The molecule has 0 atom stereocenters. The SMILES string of the molecule is CCOc1cc(CCCNC(=NC)NCCC2CCN(C)CC2)ccc1OC. The number of aryl methyl sites for hydroxylation is 1. The molecule has 1 aliphatic heterocycles. The zero-order valence-electron chi connectivity index (χ0n) is 18.1. The number of likely N-dealkylation sites (tertiary alicyclic amines) is 1. The van der Waals surface area contributed by atoms with Crippen molar-refractivity contribution in [3.63, 3.8) is 0 Å². The van der Waals surface area contributed by atoms with Gasteiger partial charge in [-0.05, 0) is 82.8 Å². The number of piperidine rings is 1. The third-order valence-electron chi connectivity index (χ3n) is 5.37. The Bertz CT molecular complexity index is 598. The van der Waals surface area contributed by atoms with Gasteiger partial charge in [0.25, 0.3) is 0 Å². The molecule has 0 amide bonds. The monoisotopic (exact) mass is 390 g/mol. The van der Waals surface area contributed by atoms with Crippen molar-refractivity contribution in [3.05, 3.63) is 23.8 Å². The van der Waals surface area contributed by atoms with Gasteiger partial charge in [0, 0.05) is 20.1 Å². The van der Waals surface area contributed by atoms with Crippen LogP contribution in [0.4, 0.5) is 0 Å². The van der Waals surface area contributed by atoms with Crippen LogP contribution in [0.3, 0.4) is 0 Å². The van der Waals surface area contributed by atoms with E-state index in [2.05, 4.69) is 39.7 Å². The van der Waals surface area contributed by atoms with E-state index in [0.29, 0.717) is 6.61 Å². The third-order valence-corrected chi connectivity index (χ3v) is 5.37. The highest BCUT2D eigenvalue weighted by Gasteiger charge is 2.16. The smallest absolute Gasteiger partial charge is 0.190 e. The van der Waals surface area contributed by atoms with Gasteiger partial charge >= 0.3 is 0 Å². The lowest BCUT2D eigenvalue weighted by molar-refractivity contribution is 0.213. The molecule has 1 aliphatic rings. The van der Waals surface area contributed by atoms with E-state index in [9.17, 15) is 0 Å². The maximum absolute atomic E-state index is 5.66. The van der Waals surface area contributed by atoms with E-state index in [4.69, 9.17) is 9.47 Å². The van der Waals surface area contributed by atoms with Crippen LogP contribution >= 0.6 is 0 Å². The Labute approximate surface area is 170 Å². The van der Waals surface area contributed by atoms with Gasteiger partial charge in [0.2, 0.25) is 0 Å². The maximum Gasteiger partial charge on any atom is 0.190 e. The summed E-state index contributed by atoms with van der Waals surface area (Å²) < 4.78 is 11.0. The second kappa shape index (κ2) is 12.5. The molecule has 1 fully saturated rings. The molecule has 0 spiro atoms. The number of benzene rings is 1. The molecule has 1 aromatic carbocycles. The number of hydrogen-bond donors (Lipinski definition) is 2. The first-order chi connectivity index (χ1) is 13.7. The molecule has 1 heterocycles. The Morgan fingerprint density at radius 3 is 2.61 bits per heavy atom. The summed E-state index contributed by atoms with van der Waals surface area (Å²) >= 11 is 0. The summed E-state index contributed by atoms with van der Waals surface area (Å²) in [7, 11) is 5.72. The molecule has 1 saturated heterocycles. The van der Waals surface area contributed by atoms with Crippen molar-refractivity contribution in [1.29, 1.82) is 0 Å². The van der Waals surface area contributed by atoms with E-state index in [-0.39, 0.29) is 0 Å². The molecule has 0 radical (unpaired) electrons. The number of rotatable bonds is 10. The lowest BCUT2D eigenvalue weighted by Gasteiger charge is -2.29. The van der Waals surface area contributed by atoms with Gasteiger partial charge in [0.1, 0.15) is 0 Å². The van der Waals surface area contributed by atoms with E-state index >= 15 is 0 Å². The minimum absolute atomic E-state index is 0.640. The van der Waals surface area contributed by atoms with Crippen LogP contribution in [0.25, 0.3) is 0 Å². The van der Waals surface area contributed by atoms with E-state index < -0.39 is 0 Å². The minimum atomic E-state index is 0.640. The third kappa shape index (κ3) is 7.58. The van der Waals surface area contributed by atoms with Crippen LogP contribution < -0.4 is 20.1 Å². The molecule has 0 bridgehead atoms. The summed E-state index contributed by atoms with van der Waals surface area (Å²) in [6, 6.07) is 6.17. The number of nitrogens with zero attached hydrogens (tertiary/aromatic N) is 2. The Morgan fingerprint density at radius 2 is 1.93 bits per heavy atom. The Hall–Kier alpha value is -1.95. The lowest BCUT2D eigenvalue weighted by atomic mass is 9.94. The standard InChI is InChI=1S/C22H38N4O2/c1-5-28-21-17-19(8-9-20(21)27-4)7-6-13-24-22(23-2)25-14-10-18-11-15-26(3)16-12-18/h8-9,17-18H,5-7,10-16H2,1-4H3,(H2,23,24,25). The molecule has 158 valence electrons. The largest absolute Gasteiger partial charge is 0.493 e. The predicted molar refractivity (Wildman–Crippen MR) is 117 cm³/mol. The van der Waals surface area contributed by atoms with Crippen LogP contribution in [0.1, 0.15) is 38.2 Å². The van der Waals surface area contributed by atoms with Gasteiger partial charge in [-0.1, -0.05) is 6.07 Å². The molecule has 0 aliphatic carbocycles. The van der Waals surface area contributed by atoms with Gasteiger partial charge in [-0.15, -0.1) is 0 Å². The highest BCUT2D eigenvalue weighted by atomic mass is 16.5. The van der Waals surface area contributed by atoms with Crippen molar-refractivity contribution in [3.8, 4) is 11.5 Å². The Morgan fingerprint density at radius 1 is 1.18 bits per heavy atom. The van der Waals surface area contributed by atoms with Crippen molar-refractivity contribution in [2.45, 2.75) is 39.0 Å². The summed E-state index contributed by atoms with van der Waals surface area (Å²) in [6.45, 7) is 6.97. The van der Waals surface area contributed by atoms with Crippen LogP contribution in [0, 0.1) is 5.92 Å². The number of ether oxygens (including phenoxy) is 2. The fourth-order valence-corrected chi connectivity index (χ4v) is 3.61. The second-order valence-corrected chi connectivity index (χ2v) is 7.48. The zero-order valence-corrected chi connectivity index (χ0v) is 18.1. The molecular weight excluding hydrogens is 352 g/mol. The predicted octanol–water partition coefficient (Wildman–Crippen LogP) is 2.92.